The standard InChI is InChI=1S/C13H18N6O/c1-18(9-12-5-3-2-4-6-12)8-7-14-13(20)10-19-11-15-16-17-19/h2-6,11H,7-10H2,1H3,(H,14,20). The number of carbonyl (C=O) groups excluding carboxylic acids is 1. The molecule has 1 N–H and O–H groups in total. The number of likely N-dealkylation sites (N-methyl/N-ethyl adjacent to an activating group) is 1. The van der Waals surface area contributed by atoms with Gasteiger partial charge in [-0.1, -0.05) is 30.3 Å². The van der Waals surface area contributed by atoms with E-state index in [0.29, 0.717) is 6.54 Å². The Bertz CT molecular complexity index is 513. The lowest BCUT2D eigenvalue weighted by Gasteiger charge is -2.16. The highest BCUT2D eigenvalue weighted by molar-refractivity contribution is 5.75. The molecule has 0 atom stereocenters. The van der Waals surface area contributed by atoms with Gasteiger partial charge in [-0.3, -0.25) is 4.79 Å². The van der Waals surface area contributed by atoms with Crippen molar-refractivity contribution in [3.63, 3.8) is 0 Å². The maximum Gasteiger partial charge on any atom is 0.241 e. The van der Waals surface area contributed by atoms with Gasteiger partial charge in [-0.05, 0) is 23.0 Å². The van der Waals surface area contributed by atoms with Crippen molar-refractivity contribution in [2.45, 2.75) is 13.1 Å². The second kappa shape index (κ2) is 7.34. The Labute approximate surface area is 117 Å². The van der Waals surface area contributed by atoms with Gasteiger partial charge in [0.1, 0.15) is 12.9 Å². The minimum absolute atomic E-state index is 0.0922. The summed E-state index contributed by atoms with van der Waals surface area (Å²) in [6, 6.07) is 10.2. The average Bonchev–Trinajstić information content (AvgIpc) is 2.92. The number of tetrazole rings is 1. The molecule has 1 amide bonds. The van der Waals surface area contributed by atoms with E-state index < -0.39 is 0 Å². The van der Waals surface area contributed by atoms with E-state index in [9.17, 15) is 4.79 Å². The summed E-state index contributed by atoms with van der Waals surface area (Å²) in [5.74, 6) is -0.0922. The second-order valence-corrected chi connectivity index (χ2v) is 4.58. The minimum atomic E-state index is -0.0922. The molecule has 7 heteroatoms. The lowest BCUT2D eigenvalue weighted by Crippen LogP contribution is -2.34. The van der Waals surface area contributed by atoms with E-state index in [4.69, 9.17) is 0 Å². The molecule has 2 rings (SSSR count). The van der Waals surface area contributed by atoms with Crippen molar-refractivity contribution < 1.29 is 4.79 Å². The molecule has 0 bridgehead atoms. The largest absolute Gasteiger partial charge is 0.353 e. The van der Waals surface area contributed by atoms with Crippen LogP contribution >= 0.6 is 0 Å². The molecule has 2 aromatic rings. The monoisotopic (exact) mass is 274 g/mol. The molecule has 0 aliphatic carbocycles. The molecule has 1 aromatic carbocycles. The van der Waals surface area contributed by atoms with Crippen LogP contribution in [0.25, 0.3) is 0 Å². The number of aromatic nitrogens is 4. The average molecular weight is 274 g/mol. The summed E-state index contributed by atoms with van der Waals surface area (Å²) >= 11 is 0. The van der Waals surface area contributed by atoms with Crippen molar-refractivity contribution in [3.05, 3.63) is 42.2 Å². The molecule has 0 unspecified atom stereocenters. The lowest BCUT2D eigenvalue weighted by atomic mass is 10.2. The van der Waals surface area contributed by atoms with Crippen molar-refractivity contribution in [2.75, 3.05) is 20.1 Å². The van der Waals surface area contributed by atoms with E-state index in [-0.39, 0.29) is 12.5 Å². The van der Waals surface area contributed by atoms with Crippen molar-refractivity contribution in [3.8, 4) is 0 Å². The predicted octanol–water partition coefficient (Wildman–Crippen LogP) is -0.0787. The molecular formula is C13H18N6O. The van der Waals surface area contributed by atoms with E-state index in [0.717, 1.165) is 13.1 Å². The smallest absolute Gasteiger partial charge is 0.241 e. The molecule has 20 heavy (non-hydrogen) atoms. The van der Waals surface area contributed by atoms with Gasteiger partial charge in [0.2, 0.25) is 5.91 Å². The molecule has 0 aliphatic heterocycles. The fraction of sp³-hybridized carbons (Fsp3) is 0.385. The summed E-state index contributed by atoms with van der Waals surface area (Å²) in [4.78, 5) is 13.8. The SMILES string of the molecule is CN(CCNC(=O)Cn1cnnn1)Cc1ccccc1. The van der Waals surface area contributed by atoms with E-state index in [1.54, 1.807) is 0 Å². The van der Waals surface area contributed by atoms with Gasteiger partial charge >= 0.3 is 0 Å². The van der Waals surface area contributed by atoms with E-state index >= 15 is 0 Å². The van der Waals surface area contributed by atoms with E-state index in [1.165, 1.54) is 16.6 Å². The quantitative estimate of drug-likeness (QED) is 0.764. The van der Waals surface area contributed by atoms with Crippen LogP contribution in [-0.4, -0.2) is 51.2 Å². The Balaban J connectivity index is 1.64. The van der Waals surface area contributed by atoms with Crippen LogP contribution in [0.15, 0.2) is 36.7 Å². The molecule has 0 saturated carbocycles. The van der Waals surface area contributed by atoms with Gasteiger partial charge in [-0.25, -0.2) is 4.68 Å². The van der Waals surface area contributed by atoms with Gasteiger partial charge in [-0.15, -0.1) is 5.10 Å². The molecule has 0 radical (unpaired) electrons. The third kappa shape index (κ3) is 4.77. The van der Waals surface area contributed by atoms with Crippen LogP contribution in [-0.2, 0) is 17.9 Å². The molecule has 0 aliphatic rings. The number of rotatable bonds is 7. The van der Waals surface area contributed by atoms with Crippen molar-refractivity contribution in [1.29, 1.82) is 0 Å². The molecule has 0 spiro atoms. The zero-order valence-corrected chi connectivity index (χ0v) is 11.4. The maximum absolute atomic E-state index is 11.6. The summed E-state index contributed by atoms with van der Waals surface area (Å²) in [5.41, 5.74) is 1.26. The first kappa shape index (κ1) is 14.1. The summed E-state index contributed by atoms with van der Waals surface area (Å²) in [5, 5.41) is 13.4. The molecule has 7 nitrogen and oxygen atoms in total. The molecule has 0 fully saturated rings. The first-order valence-corrected chi connectivity index (χ1v) is 6.44. The normalized spacial score (nSPS) is 10.7. The number of nitrogens with one attached hydrogen (secondary N) is 1. The van der Waals surface area contributed by atoms with Gasteiger partial charge in [-0.2, -0.15) is 0 Å². The molecule has 1 aromatic heterocycles. The zero-order chi connectivity index (χ0) is 14.2. The van der Waals surface area contributed by atoms with Crippen LogP contribution in [0.5, 0.6) is 0 Å². The highest BCUT2D eigenvalue weighted by atomic mass is 16.2. The highest BCUT2D eigenvalue weighted by Crippen LogP contribution is 2.01. The fourth-order valence-corrected chi connectivity index (χ4v) is 1.82. The predicted molar refractivity (Wildman–Crippen MR) is 73.6 cm³/mol. The van der Waals surface area contributed by atoms with Crippen molar-refractivity contribution >= 4 is 5.91 Å². The molecule has 0 saturated heterocycles. The Morgan fingerprint density at radius 1 is 1.35 bits per heavy atom. The number of benzene rings is 1. The topological polar surface area (TPSA) is 75.9 Å². The fourth-order valence-electron chi connectivity index (χ4n) is 1.82. The van der Waals surface area contributed by atoms with Crippen LogP contribution in [0, 0.1) is 0 Å². The third-order valence-corrected chi connectivity index (χ3v) is 2.81. The zero-order valence-electron chi connectivity index (χ0n) is 11.4. The summed E-state index contributed by atoms with van der Waals surface area (Å²) in [6.45, 7) is 2.40. The van der Waals surface area contributed by atoms with Gasteiger partial charge in [0, 0.05) is 19.6 Å². The van der Waals surface area contributed by atoms with Gasteiger partial charge < -0.3 is 10.2 Å². The number of carbonyl (C=O) groups is 1. The Morgan fingerprint density at radius 2 is 2.15 bits per heavy atom. The third-order valence-electron chi connectivity index (χ3n) is 2.81. The number of hydrogen-bond acceptors (Lipinski definition) is 5. The Kier molecular flexibility index (Phi) is 5.19. The molecule has 106 valence electrons. The first-order valence-electron chi connectivity index (χ1n) is 6.44. The van der Waals surface area contributed by atoms with Crippen molar-refractivity contribution in [2.24, 2.45) is 0 Å². The van der Waals surface area contributed by atoms with Crippen LogP contribution in [0.2, 0.25) is 0 Å². The van der Waals surface area contributed by atoms with Crippen LogP contribution in [0.3, 0.4) is 0 Å². The minimum Gasteiger partial charge on any atom is -0.353 e. The summed E-state index contributed by atoms with van der Waals surface area (Å²) in [7, 11) is 2.03. The van der Waals surface area contributed by atoms with Gasteiger partial charge in [0.25, 0.3) is 0 Å². The Hall–Kier alpha value is -2.28. The second-order valence-electron chi connectivity index (χ2n) is 4.58. The Morgan fingerprint density at radius 3 is 2.85 bits per heavy atom. The number of hydrogen-bond donors (Lipinski definition) is 1. The first-order chi connectivity index (χ1) is 9.74. The van der Waals surface area contributed by atoms with Gasteiger partial charge in [0.15, 0.2) is 0 Å². The molecular weight excluding hydrogens is 256 g/mol. The number of amides is 1. The van der Waals surface area contributed by atoms with Gasteiger partial charge in [0.05, 0.1) is 0 Å². The summed E-state index contributed by atoms with van der Waals surface area (Å²) in [6.07, 6.45) is 1.42. The molecule has 1 heterocycles. The van der Waals surface area contributed by atoms with E-state index in [1.807, 2.05) is 25.2 Å². The highest BCUT2D eigenvalue weighted by Gasteiger charge is 2.04. The van der Waals surface area contributed by atoms with Crippen molar-refractivity contribution in [1.82, 2.24) is 30.4 Å². The van der Waals surface area contributed by atoms with Crippen LogP contribution in [0.1, 0.15) is 5.56 Å². The van der Waals surface area contributed by atoms with E-state index in [2.05, 4.69) is 37.9 Å². The van der Waals surface area contributed by atoms with Crippen LogP contribution in [0.4, 0.5) is 0 Å². The van der Waals surface area contributed by atoms with Crippen LogP contribution < -0.4 is 5.32 Å². The maximum atomic E-state index is 11.6. The number of nitrogens with zero attached hydrogens (tertiary/aromatic N) is 5. The summed E-state index contributed by atoms with van der Waals surface area (Å²) < 4.78 is 1.39. The lowest BCUT2D eigenvalue weighted by molar-refractivity contribution is -0.121.